The fraction of sp³-hybridized carbons (Fsp3) is 0.588. The van der Waals surface area contributed by atoms with E-state index in [0.717, 1.165) is 37.6 Å². The Morgan fingerprint density at radius 3 is 2.14 bits per heavy atom. The molecule has 114 valence electrons. The number of likely N-dealkylation sites (tertiary alicyclic amines) is 1. The molecule has 2 fully saturated rings. The predicted molar refractivity (Wildman–Crippen MR) is 86.3 cm³/mol. The van der Waals surface area contributed by atoms with E-state index in [4.69, 9.17) is 0 Å². The number of hydrogen-bond acceptors (Lipinski definition) is 3. The molecule has 1 N–H and O–H groups in total. The van der Waals surface area contributed by atoms with Gasteiger partial charge >= 0.3 is 0 Å². The maximum absolute atomic E-state index is 9.58. The zero-order valence-corrected chi connectivity index (χ0v) is 12.7. The van der Waals surface area contributed by atoms with Crippen LogP contribution in [-0.2, 0) is 0 Å². The number of anilines is 1. The highest BCUT2D eigenvalue weighted by atomic mass is 16.4. The van der Waals surface area contributed by atoms with Gasteiger partial charge in [-0.05, 0) is 50.7 Å². The van der Waals surface area contributed by atoms with Crippen LogP contribution in [0, 0.1) is 0 Å². The van der Waals surface area contributed by atoms with Crippen LogP contribution in [0.2, 0.25) is 0 Å². The van der Waals surface area contributed by atoms with E-state index in [9.17, 15) is 5.21 Å². The second-order valence-electron chi connectivity index (χ2n) is 6.04. The number of benzene rings is 1. The summed E-state index contributed by atoms with van der Waals surface area (Å²) in [6.45, 7) is 4.20. The molecule has 0 radical (unpaired) electrons. The Hall–Kier alpha value is -1.71. The summed E-state index contributed by atoms with van der Waals surface area (Å²) < 4.78 is 0. The number of para-hydroxylation sites is 1. The molecule has 2 heterocycles. The van der Waals surface area contributed by atoms with Crippen molar-refractivity contribution < 1.29 is 5.21 Å². The molecular weight excluding hydrogens is 262 g/mol. The van der Waals surface area contributed by atoms with Gasteiger partial charge in [0.1, 0.15) is 0 Å². The standard InChI is InChI=1S/C17H25N3O/c21-18-17(20-13-7-2-8-14-20)15-9-3-4-10-16(15)19-11-5-1-6-12-19/h3-4,9-10,21H,1-2,5-8,11-14H2/b18-17-. The smallest absolute Gasteiger partial charge is 0.177 e. The lowest BCUT2D eigenvalue weighted by atomic mass is 10.0. The molecule has 0 aliphatic carbocycles. The van der Waals surface area contributed by atoms with E-state index in [2.05, 4.69) is 33.2 Å². The van der Waals surface area contributed by atoms with Gasteiger partial charge in [0.15, 0.2) is 5.84 Å². The first-order valence-corrected chi connectivity index (χ1v) is 8.21. The molecule has 3 rings (SSSR count). The quantitative estimate of drug-likeness (QED) is 0.392. The number of amidine groups is 1. The Labute approximate surface area is 127 Å². The van der Waals surface area contributed by atoms with Crippen molar-refractivity contribution in [3.63, 3.8) is 0 Å². The predicted octanol–water partition coefficient (Wildman–Crippen LogP) is 3.30. The van der Waals surface area contributed by atoms with Crippen LogP contribution in [0.25, 0.3) is 0 Å². The average molecular weight is 287 g/mol. The van der Waals surface area contributed by atoms with Gasteiger partial charge in [-0.25, -0.2) is 0 Å². The van der Waals surface area contributed by atoms with E-state index in [0.29, 0.717) is 0 Å². The van der Waals surface area contributed by atoms with Crippen molar-refractivity contribution >= 4 is 11.5 Å². The van der Waals surface area contributed by atoms with Crippen LogP contribution < -0.4 is 4.90 Å². The van der Waals surface area contributed by atoms with Gasteiger partial charge in [-0.1, -0.05) is 17.3 Å². The number of hydrogen-bond donors (Lipinski definition) is 1. The fourth-order valence-corrected chi connectivity index (χ4v) is 3.47. The second kappa shape index (κ2) is 6.83. The highest BCUT2D eigenvalue weighted by molar-refractivity contribution is 6.03. The molecular formula is C17H25N3O. The van der Waals surface area contributed by atoms with Gasteiger partial charge in [0.2, 0.25) is 0 Å². The van der Waals surface area contributed by atoms with Crippen molar-refractivity contribution in [3.8, 4) is 0 Å². The third kappa shape index (κ3) is 3.14. The summed E-state index contributed by atoms with van der Waals surface area (Å²) in [5.41, 5.74) is 2.29. The Bertz CT molecular complexity index is 489. The minimum Gasteiger partial charge on any atom is -0.409 e. The Morgan fingerprint density at radius 1 is 0.857 bits per heavy atom. The van der Waals surface area contributed by atoms with Crippen molar-refractivity contribution in [2.45, 2.75) is 38.5 Å². The van der Waals surface area contributed by atoms with Gasteiger partial charge in [0, 0.05) is 37.4 Å². The van der Waals surface area contributed by atoms with Gasteiger partial charge in [-0.3, -0.25) is 0 Å². The molecule has 2 aliphatic heterocycles. The molecule has 1 aromatic carbocycles. The van der Waals surface area contributed by atoms with E-state index in [1.54, 1.807) is 0 Å². The molecule has 4 heteroatoms. The van der Waals surface area contributed by atoms with Gasteiger partial charge in [0.05, 0.1) is 0 Å². The largest absolute Gasteiger partial charge is 0.409 e. The van der Waals surface area contributed by atoms with Crippen LogP contribution in [0.4, 0.5) is 5.69 Å². The van der Waals surface area contributed by atoms with Gasteiger partial charge in [-0.2, -0.15) is 0 Å². The van der Waals surface area contributed by atoms with E-state index in [-0.39, 0.29) is 0 Å². The molecule has 0 spiro atoms. The molecule has 1 aromatic rings. The lowest BCUT2D eigenvalue weighted by molar-refractivity contribution is 0.286. The molecule has 4 nitrogen and oxygen atoms in total. The van der Waals surface area contributed by atoms with Crippen molar-refractivity contribution in [2.24, 2.45) is 5.16 Å². The molecule has 0 atom stereocenters. The minimum absolute atomic E-state index is 0.746. The minimum atomic E-state index is 0.746. The van der Waals surface area contributed by atoms with Crippen LogP contribution >= 0.6 is 0 Å². The molecule has 0 aromatic heterocycles. The van der Waals surface area contributed by atoms with E-state index in [1.807, 2.05) is 6.07 Å². The van der Waals surface area contributed by atoms with Crippen molar-refractivity contribution in [3.05, 3.63) is 29.8 Å². The van der Waals surface area contributed by atoms with Crippen LogP contribution in [0.15, 0.2) is 29.4 Å². The van der Waals surface area contributed by atoms with Crippen LogP contribution in [0.3, 0.4) is 0 Å². The third-order valence-corrected chi connectivity index (χ3v) is 4.59. The SMILES string of the molecule is O/N=C(/c1ccccc1N1CCCCC1)N1CCCCC1. The highest BCUT2D eigenvalue weighted by Crippen LogP contribution is 2.26. The third-order valence-electron chi connectivity index (χ3n) is 4.59. The Kier molecular flexibility index (Phi) is 4.63. The maximum Gasteiger partial charge on any atom is 0.177 e. The summed E-state index contributed by atoms with van der Waals surface area (Å²) in [5.74, 6) is 0.746. The summed E-state index contributed by atoms with van der Waals surface area (Å²) in [7, 11) is 0. The summed E-state index contributed by atoms with van der Waals surface area (Å²) in [6.07, 6.45) is 7.48. The molecule has 0 unspecified atom stereocenters. The summed E-state index contributed by atoms with van der Waals surface area (Å²) >= 11 is 0. The highest BCUT2D eigenvalue weighted by Gasteiger charge is 2.22. The molecule has 0 bridgehead atoms. The summed E-state index contributed by atoms with van der Waals surface area (Å²) in [4.78, 5) is 4.67. The van der Waals surface area contributed by atoms with Gasteiger partial charge in [-0.15, -0.1) is 0 Å². The van der Waals surface area contributed by atoms with E-state index >= 15 is 0 Å². The molecule has 21 heavy (non-hydrogen) atoms. The molecule has 2 aliphatic rings. The van der Waals surface area contributed by atoms with Gasteiger partial charge < -0.3 is 15.0 Å². The fourth-order valence-electron chi connectivity index (χ4n) is 3.47. The van der Waals surface area contributed by atoms with Crippen molar-refractivity contribution in [1.29, 1.82) is 0 Å². The number of oxime groups is 1. The average Bonchev–Trinajstić information content (AvgIpc) is 2.58. The first kappa shape index (κ1) is 14.2. The normalized spacial score (nSPS) is 20.7. The lowest BCUT2D eigenvalue weighted by Gasteiger charge is -2.34. The van der Waals surface area contributed by atoms with Crippen LogP contribution in [-0.4, -0.2) is 42.1 Å². The maximum atomic E-state index is 9.58. The van der Waals surface area contributed by atoms with E-state index in [1.165, 1.54) is 44.2 Å². The number of piperidine rings is 2. The molecule has 0 amide bonds. The monoisotopic (exact) mass is 287 g/mol. The lowest BCUT2D eigenvalue weighted by Crippen LogP contribution is -2.38. The Balaban J connectivity index is 1.89. The van der Waals surface area contributed by atoms with E-state index < -0.39 is 0 Å². The van der Waals surface area contributed by atoms with Crippen LogP contribution in [0.1, 0.15) is 44.1 Å². The van der Waals surface area contributed by atoms with Crippen LogP contribution in [0.5, 0.6) is 0 Å². The first-order chi connectivity index (χ1) is 10.4. The Morgan fingerprint density at radius 2 is 1.48 bits per heavy atom. The van der Waals surface area contributed by atoms with Gasteiger partial charge in [0.25, 0.3) is 0 Å². The van der Waals surface area contributed by atoms with Crippen molar-refractivity contribution in [1.82, 2.24) is 4.90 Å². The first-order valence-electron chi connectivity index (χ1n) is 8.21. The molecule has 0 saturated carbocycles. The zero-order valence-electron chi connectivity index (χ0n) is 12.7. The number of nitrogens with zero attached hydrogens (tertiary/aromatic N) is 3. The topological polar surface area (TPSA) is 39.1 Å². The van der Waals surface area contributed by atoms with Crippen molar-refractivity contribution in [2.75, 3.05) is 31.1 Å². The zero-order chi connectivity index (χ0) is 14.5. The summed E-state index contributed by atoms with van der Waals surface area (Å²) in [5, 5.41) is 13.2. The molecule has 2 saturated heterocycles. The number of rotatable bonds is 2. The second-order valence-corrected chi connectivity index (χ2v) is 6.04. The summed E-state index contributed by atoms with van der Waals surface area (Å²) in [6, 6.07) is 8.37.